The number of carbonyl (C=O) groups is 1. The molecule has 0 aromatic heterocycles. The van der Waals surface area contributed by atoms with Gasteiger partial charge in [-0.1, -0.05) is 27.3 Å². The Labute approximate surface area is 114 Å². The zero-order valence-corrected chi connectivity index (χ0v) is 10.9. The molecule has 0 saturated heterocycles. The lowest BCUT2D eigenvalue weighted by Crippen LogP contribution is -2.09. The zero-order valence-electron chi connectivity index (χ0n) is 10.9. The number of nitrogens with zero attached hydrogens (tertiary/aromatic N) is 1. The SMILES string of the molecule is C.CC.CC(=O)Nc1ccc(CCN)cc1[N+](=O)[O-]. The highest BCUT2D eigenvalue weighted by Crippen LogP contribution is 2.25. The molecule has 108 valence electrons. The summed E-state index contributed by atoms with van der Waals surface area (Å²) >= 11 is 0. The monoisotopic (exact) mass is 269 g/mol. The number of carbonyl (C=O) groups excluding carboxylic acids is 1. The molecule has 0 spiro atoms. The number of hydrogen-bond acceptors (Lipinski definition) is 4. The van der Waals surface area contributed by atoms with Gasteiger partial charge in [0, 0.05) is 13.0 Å². The number of rotatable bonds is 4. The fourth-order valence-electron chi connectivity index (χ4n) is 1.35. The summed E-state index contributed by atoms with van der Waals surface area (Å²) < 4.78 is 0. The summed E-state index contributed by atoms with van der Waals surface area (Å²) in [5.41, 5.74) is 6.24. The van der Waals surface area contributed by atoms with Crippen molar-refractivity contribution >= 4 is 17.3 Å². The minimum Gasteiger partial charge on any atom is -0.330 e. The molecule has 0 atom stereocenters. The van der Waals surface area contributed by atoms with E-state index in [1.54, 1.807) is 6.07 Å². The van der Waals surface area contributed by atoms with Crippen molar-refractivity contribution in [1.29, 1.82) is 0 Å². The Hall–Kier alpha value is -1.95. The number of benzene rings is 1. The van der Waals surface area contributed by atoms with Gasteiger partial charge in [0.2, 0.25) is 5.91 Å². The second-order valence-corrected chi connectivity index (χ2v) is 3.33. The quantitative estimate of drug-likeness (QED) is 0.648. The Kier molecular flexibility index (Phi) is 10.2. The van der Waals surface area contributed by atoms with Gasteiger partial charge in [-0.3, -0.25) is 14.9 Å². The average Bonchev–Trinajstić information content (AvgIpc) is 2.33. The Bertz CT molecular complexity index is 420. The van der Waals surface area contributed by atoms with Crippen molar-refractivity contribution < 1.29 is 9.72 Å². The molecule has 0 fully saturated rings. The molecule has 0 unspecified atom stereocenters. The van der Waals surface area contributed by atoms with Gasteiger partial charge in [-0.15, -0.1) is 0 Å². The number of nitro benzene ring substituents is 1. The van der Waals surface area contributed by atoms with E-state index in [4.69, 9.17) is 5.73 Å². The summed E-state index contributed by atoms with van der Waals surface area (Å²) in [6.45, 7) is 5.73. The summed E-state index contributed by atoms with van der Waals surface area (Å²) in [6, 6.07) is 4.66. The van der Waals surface area contributed by atoms with Crippen LogP contribution in [-0.4, -0.2) is 17.4 Å². The van der Waals surface area contributed by atoms with Crippen LogP contribution in [0.1, 0.15) is 33.8 Å². The molecule has 0 aliphatic rings. The van der Waals surface area contributed by atoms with E-state index in [9.17, 15) is 14.9 Å². The van der Waals surface area contributed by atoms with E-state index in [0.717, 1.165) is 5.56 Å². The van der Waals surface area contributed by atoms with Gasteiger partial charge in [0.1, 0.15) is 5.69 Å². The van der Waals surface area contributed by atoms with Crippen molar-refractivity contribution in [3.63, 3.8) is 0 Å². The predicted octanol–water partition coefficient (Wildman–Crippen LogP) is 2.72. The minimum absolute atomic E-state index is 0. The Morgan fingerprint density at radius 2 is 2.00 bits per heavy atom. The molecule has 3 N–H and O–H groups in total. The number of nitrogens with two attached hydrogens (primary N) is 1. The lowest BCUT2D eigenvalue weighted by atomic mass is 10.1. The van der Waals surface area contributed by atoms with Crippen LogP contribution in [0.15, 0.2) is 18.2 Å². The van der Waals surface area contributed by atoms with Crippen LogP contribution in [0.2, 0.25) is 0 Å². The predicted molar refractivity (Wildman–Crippen MR) is 78.2 cm³/mol. The topological polar surface area (TPSA) is 98.3 Å². The van der Waals surface area contributed by atoms with Gasteiger partial charge in [0.25, 0.3) is 5.69 Å². The molecule has 6 heteroatoms. The van der Waals surface area contributed by atoms with Crippen molar-refractivity contribution in [3.05, 3.63) is 33.9 Å². The normalized spacial score (nSPS) is 8.63. The second kappa shape index (κ2) is 10.0. The highest BCUT2D eigenvalue weighted by atomic mass is 16.6. The van der Waals surface area contributed by atoms with Gasteiger partial charge >= 0.3 is 0 Å². The molecule has 1 aromatic rings. The largest absolute Gasteiger partial charge is 0.330 e. The lowest BCUT2D eigenvalue weighted by molar-refractivity contribution is -0.384. The highest BCUT2D eigenvalue weighted by molar-refractivity contribution is 5.91. The summed E-state index contributed by atoms with van der Waals surface area (Å²) in [5.74, 6) is -0.338. The summed E-state index contributed by atoms with van der Waals surface area (Å²) in [4.78, 5) is 21.1. The molecule has 1 rings (SSSR count). The molecule has 0 saturated carbocycles. The van der Waals surface area contributed by atoms with Crippen molar-refractivity contribution in [2.45, 2.75) is 34.6 Å². The first-order valence-corrected chi connectivity index (χ1v) is 5.79. The Morgan fingerprint density at radius 1 is 1.42 bits per heavy atom. The molecule has 19 heavy (non-hydrogen) atoms. The lowest BCUT2D eigenvalue weighted by Gasteiger charge is -2.05. The average molecular weight is 269 g/mol. The van der Waals surface area contributed by atoms with E-state index in [1.807, 2.05) is 13.8 Å². The molecule has 0 aliphatic heterocycles. The Morgan fingerprint density at radius 3 is 2.42 bits per heavy atom. The molecule has 1 aromatic carbocycles. The van der Waals surface area contributed by atoms with Crippen molar-refractivity contribution in [2.75, 3.05) is 11.9 Å². The van der Waals surface area contributed by atoms with Gasteiger partial charge in [0.15, 0.2) is 0 Å². The van der Waals surface area contributed by atoms with Crippen molar-refractivity contribution in [1.82, 2.24) is 0 Å². The maximum absolute atomic E-state index is 10.8. The number of amides is 1. The molecule has 6 nitrogen and oxygen atoms in total. The smallest absolute Gasteiger partial charge is 0.293 e. The van der Waals surface area contributed by atoms with E-state index < -0.39 is 4.92 Å². The molecule has 0 radical (unpaired) electrons. The molecule has 0 heterocycles. The van der Waals surface area contributed by atoms with E-state index in [0.29, 0.717) is 13.0 Å². The molecule has 0 bridgehead atoms. The fourth-order valence-corrected chi connectivity index (χ4v) is 1.35. The van der Waals surface area contributed by atoms with Gasteiger partial charge in [-0.25, -0.2) is 0 Å². The first-order valence-electron chi connectivity index (χ1n) is 5.79. The third-order valence-corrected chi connectivity index (χ3v) is 2.00. The maximum atomic E-state index is 10.8. The van der Waals surface area contributed by atoms with Gasteiger partial charge in [-0.2, -0.15) is 0 Å². The van der Waals surface area contributed by atoms with E-state index >= 15 is 0 Å². The van der Waals surface area contributed by atoms with Crippen LogP contribution >= 0.6 is 0 Å². The van der Waals surface area contributed by atoms with Crippen LogP contribution in [0.4, 0.5) is 11.4 Å². The van der Waals surface area contributed by atoms with Crippen LogP contribution in [0.3, 0.4) is 0 Å². The third kappa shape index (κ3) is 6.52. The number of hydrogen-bond donors (Lipinski definition) is 2. The highest BCUT2D eigenvalue weighted by Gasteiger charge is 2.15. The summed E-state index contributed by atoms with van der Waals surface area (Å²) in [7, 11) is 0. The molecular weight excluding hydrogens is 246 g/mol. The first-order chi connectivity index (χ1) is 8.54. The third-order valence-electron chi connectivity index (χ3n) is 2.00. The number of nitrogens with one attached hydrogen (secondary N) is 1. The van der Waals surface area contributed by atoms with Gasteiger partial charge in [-0.05, 0) is 24.6 Å². The van der Waals surface area contributed by atoms with Crippen LogP contribution < -0.4 is 11.1 Å². The molecule has 1 amide bonds. The number of nitro groups is 1. The standard InChI is InChI=1S/C10H13N3O3.C2H6.CH4/c1-7(14)12-9-3-2-8(4-5-11)6-10(9)13(15)16;1-2;/h2-3,6H,4-5,11H2,1H3,(H,12,14);1-2H3;1H4. The summed E-state index contributed by atoms with van der Waals surface area (Å²) in [5, 5.41) is 13.2. The van der Waals surface area contributed by atoms with Gasteiger partial charge < -0.3 is 11.1 Å². The van der Waals surface area contributed by atoms with Gasteiger partial charge in [0.05, 0.1) is 4.92 Å². The first kappa shape index (κ1) is 19.4. The minimum atomic E-state index is -0.523. The van der Waals surface area contributed by atoms with Crippen LogP contribution in [-0.2, 0) is 11.2 Å². The fraction of sp³-hybridized carbons (Fsp3) is 0.462. The molecular formula is C13H23N3O3. The van der Waals surface area contributed by atoms with Crippen molar-refractivity contribution in [3.8, 4) is 0 Å². The second-order valence-electron chi connectivity index (χ2n) is 3.33. The zero-order chi connectivity index (χ0) is 14.1. The Balaban J connectivity index is 0. The van der Waals surface area contributed by atoms with Crippen molar-refractivity contribution in [2.24, 2.45) is 5.73 Å². The summed E-state index contributed by atoms with van der Waals surface area (Å²) in [6.07, 6.45) is 0.571. The van der Waals surface area contributed by atoms with Crippen LogP contribution in [0, 0.1) is 10.1 Å². The van der Waals surface area contributed by atoms with E-state index in [1.165, 1.54) is 19.1 Å². The molecule has 0 aliphatic carbocycles. The van der Waals surface area contributed by atoms with E-state index in [-0.39, 0.29) is 24.7 Å². The van der Waals surface area contributed by atoms with Crippen LogP contribution in [0.5, 0.6) is 0 Å². The number of anilines is 1. The van der Waals surface area contributed by atoms with E-state index in [2.05, 4.69) is 5.32 Å². The maximum Gasteiger partial charge on any atom is 0.293 e. The van der Waals surface area contributed by atoms with Crippen LogP contribution in [0.25, 0.3) is 0 Å².